The molecule has 0 saturated heterocycles. The number of halogens is 1. The summed E-state index contributed by atoms with van der Waals surface area (Å²) in [7, 11) is 0. The molecule has 0 N–H and O–H groups in total. The topological polar surface area (TPSA) is 13.1 Å². The van der Waals surface area contributed by atoms with Crippen LogP contribution in [0.4, 0.5) is 0 Å². The van der Waals surface area contributed by atoms with Gasteiger partial charge in [0.15, 0.2) is 0 Å². The molecule has 0 aliphatic rings. The third-order valence-electron chi connectivity index (χ3n) is 2.98. The zero-order valence-electron chi connectivity index (χ0n) is 14.1. The summed E-state index contributed by atoms with van der Waals surface area (Å²) in [6.07, 6.45) is 0. The molecule has 4 rings (SSSR count). The van der Waals surface area contributed by atoms with E-state index in [1.54, 1.807) is 6.07 Å². The predicted octanol–water partition coefficient (Wildman–Crippen LogP) is 5.50. The first-order chi connectivity index (χ1) is 10.9. The smallest absolute Gasteiger partial charge is 0.136 e. The summed E-state index contributed by atoms with van der Waals surface area (Å²) in [4.78, 5) is 0. The van der Waals surface area contributed by atoms with Crippen LogP contribution in [0.5, 0.6) is 0 Å². The molecule has 0 saturated carbocycles. The molecule has 0 bridgehead atoms. The van der Waals surface area contributed by atoms with Gasteiger partial charge in [0.25, 0.3) is 0 Å². The zero-order valence-corrected chi connectivity index (χ0v) is 10.7. The maximum atomic E-state index is 8.27. The zero-order chi connectivity index (χ0) is 16.5. The normalized spacial score (nSPS) is 15.5. The number of hydrogen-bond acceptors (Lipinski definition) is 1. The lowest BCUT2D eigenvalue weighted by atomic mass is 10.0. The van der Waals surface area contributed by atoms with Gasteiger partial charge in [0, 0.05) is 15.2 Å². The minimum absolute atomic E-state index is 0.0825. The lowest BCUT2D eigenvalue weighted by Crippen LogP contribution is -1.75. The second-order valence-electron chi connectivity index (χ2n) is 3.99. The summed E-state index contributed by atoms with van der Waals surface area (Å²) in [5, 5.41) is 1.97. The minimum Gasteiger partial charge on any atom is -0.456 e. The summed E-state index contributed by atoms with van der Waals surface area (Å²) < 4.78 is 46.7. The van der Waals surface area contributed by atoms with Crippen LogP contribution in [0.1, 0.15) is 6.85 Å². The summed E-state index contributed by atoms with van der Waals surface area (Å²) in [6.45, 7) is 0. The van der Waals surface area contributed by atoms with Crippen molar-refractivity contribution in [2.75, 3.05) is 0 Å². The van der Waals surface area contributed by atoms with Gasteiger partial charge >= 0.3 is 0 Å². The fourth-order valence-electron chi connectivity index (χ4n) is 2.19. The van der Waals surface area contributed by atoms with Crippen LogP contribution in [-0.2, 0) is 0 Å². The van der Waals surface area contributed by atoms with Gasteiger partial charge < -0.3 is 4.42 Å². The highest BCUT2D eigenvalue weighted by atomic mass is 79.9. The molecule has 4 aromatic rings. The molecular formula is C16H9BrO. The van der Waals surface area contributed by atoms with Gasteiger partial charge in [-0.1, -0.05) is 46.2 Å². The number of fused-ring (bicyclic) bond motifs is 5. The standard InChI is InChI=1S/C16H9BrO/c17-13-6-3-5-11-10(13)8-9-15-16(11)12-4-1-2-7-14(12)18-15/h1-9H/i3D,5D,6D,8D,9D. The highest BCUT2D eigenvalue weighted by molar-refractivity contribution is 9.10. The summed E-state index contributed by atoms with van der Waals surface area (Å²) >= 11 is 3.26. The van der Waals surface area contributed by atoms with Crippen LogP contribution in [0, 0.1) is 0 Å². The van der Waals surface area contributed by atoms with E-state index in [1.165, 1.54) is 0 Å². The molecule has 0 aliphatic carbocycles. The molecule has 0 atom stereocenters. The Balaban J connectivity index is 2.47. The van der Waals surface area contributed by atoms with Crippen LogP contribution in [0.25, 0.3) is 32.7 Å². The van der Waals surface area contributed by atoms with Crippen LogP contribution >= 0.6 is 15.9 Å². The van der Waals surface area contributed by atoms with Crippen molar-refractivity contribution in [1.29, 1.82) is 0 Å². The van der Waals surface area contributed by atoms with Crippen LogP contribution in [0.2, 0.25) is 0 Å². The first-order valence-corrected chi connectivity index (χ1v) is 6.22. The largest absolute Gasteiger partial charge is 0.456 e. The van der Waals surface area contributed by atoms with E-state index in [2.05, 4.69) is 15.9 Å². The molecule has 1 heterocycles. The van der Waals surface area contributed by atoms with Crippen molar-refractivity contribution >= 4 is 48.6 Å². The number of rotatable bonds is 0. The fourth-order valence-corrected chi connectivity index (χ4v) is 2.59. The van der Waals surface area contributed by atoms with E-state index in [0.29, 0.717) is 21.7 Å². The molecule has 0 amide bonds. The van der Waals surface area contributed by atoms with Crippen LogP contribution < -0.4 is 0 Å². The molecular weight excluding hydrogens is 288 g/mol. The maximum Gasteiger partial charge on any atom is 0.136 e. The molecule has 18 heavy (non-hydrogen) atoms. The molecule has 0 radical (unpaired) electrons. The molecule has 2 heteroatoms. The van der Waals surface area contributed by atoms with Crippen molar-refractivity contribution in [2.24, 2.45) is 0 Å². The summed E-state index contributed by atoms with van der Waals surface area (Å²) in [5.41, 5.74) is 0.807. The van der Waals surface area contributed by atoms with E-state index in [0.717, 1.165) is 5.39 Å². The quantitative estimate of drug-likeness (QED) is 0.418. The number of furan rings is 1. The van der Waals surface area contributed by atoms with Gasteiger partial charge in [-0.05, 0) is 35.0 Å². The Labute approximate surface area is 119 Å². The van der Waals surface area contributed by atoms with Gasteiger partial charge in [0.2, 0.25) is 0 Å². The highest BCUT2D eigenvalue weighted by Crippen LogP contribution is 2.36. The minimum atomic E-state index is -0.215. The maximum absolute atomic E-state index is 8.27. The first-order valence-electron chi connectivity index (χ1n) is 7.92. The Morgan fingerprint density at radius 2 is 1.78 bits per heavy atom. The van der Waals surface area contributed by atoms with Gasteiger partial charge in [-0.25, -0.2) is 0 Å². The fraction of sp³-hybridized carbons (Fsp3) is 0. The molecule has 0 fully saturated rings. The molecule has 86 valence electrons. The monoisotopic (exact) mass is 301 g/mol. The van der Waals surface area contributed by atoms with E-state index in [1.807, 2.05) is 18.2 Å². The molecule has 1 nitrogen and oxygen atoms in total. The van der Waals surface area contributed by atoms with Gasteiger partial charge in [0.1, 0.15) is 11.2 Å². The Morgan fingerprint density at radius 1 is 0.889 bits per heavy atom. The SMILES string of the molecule is [2H]c1c([2H])c([2H])c2c(c([2H])c([2H])c3oc4ccccc4c32)c1Br. The molecule has 3 aromatic carbocycles. The average Bonchev–Trinajstić information content (AvgIpc) is 2.93. The second-order valence-corrected chi connectivity index (χ2v) is 4.78. The Bertz CT molecular complexity index is 1130. The molecule has 0 spiro atoms. The van der Waals surface area contributed by atoms with Crippen LogP contribution in [0.15, 0.2) is 63.4 Å². The number of benzene rings is 3. The number of para-hydroxylation sites is 1. The van der Waals surface area contributed by atoms with Crippen molar-refractivity contribution in [3.05, 3.63) is 59.0 Å². The van der Waals surface area contributed by atoms with Crippen molar-refractivity contribution in [1.82, 2.24) is 0 Å². The van der Waals surface area contributed by atoms with Crippen molar-refractivity contribution in [2.45, 2.75) is 0 Å². The van der Waals surface area contributed by atoms with E-state index in [-0.39, 0.29) is 40.3 Å². The molecule has 0 unspecified atom stereocenters. The van der Waals surface area contributed by atoms with Crippen molar-refractivity contribution in [3.8, 4) is 0 Å². The van der Waals surface area contributed by atoms with Gasteiger partial charge in [-0.2, -0.15) is 0 Å². The highest BCUT2D eigenvalue weighted by Gasteiger charge is 2.10. The predicted molar refractivity (Wildman–Crippen MR) is 78.9 cm³/mol. The Hall–Kier alpha value is -1.80. The van der Waals surface area contributed by atoms with E-state index in [9.17, 15) is 0 Å². The van der Waals surface area contributed by atoms with Crippen molar-refractivity contribution in [3.63, 3.8) is 0 Å². The third-order valence-corrected chi connectivity index (χ3v) is 3.57. The Morgan fingerprint density at radius 3 is 2.72 bits per heavy atom. The third kappa shape index (κ3) is 1.27. The van der Waals surface area contributed by atoms with E-state index < -0.39 is 0 Å². The lowest BCUT2D eigenvalue weighted by molar-refractivity contribution is 0.669. The second kappa shape index (κ2) is 3.59. The summed E-state index contributed by atoms with van der Waals surface area (Å²) in [6, 6.07) is 6.56. The van der Waals surface area contributed by atoms with E-state index >= 15 is 0 Å². The van der Waals surface area contributed by atoms with Crippen LogP contribution in [-0.4, -0.2) is 0 Å². The van der Waals surface area contributed by atoms with Crippen LogP contribution in [0.3, 0.4) is 0 Å². The van der Waals surface area contributed by atoms with Gasteiger partial charge in [-0.15, -0.1) is 0 Å². The number of hydrogen-bond donors (Lipinski definition) is 0. The van der Waals surface area contributed by atoms with Gasteiger partial charge in [0.05, 0.1) is 6.85 Å². The lowest BCUT2D eigenvalue weighted by Gasteiger charge is -2.01. The van der Waals surface area contributed by atoms with Crippen molar-refractivity contribution < 1.29 is 11.3 Å². The summed E-state index contributed by atoms with van der Waals surface area (Å²) in [5.74, 6) is 0. The van der Waals surface area contributed by atoms with Gasteiger partial charge in [-0.3, -0.25) is 0 Å². The molecule has 1 aromatic heterocycles. The Kier molecular flexibility index (Phi) is 1.28. The first kappa shape index (κ1) is 6.39. The molecule has 0 aliphatic heterocycles. The average molecular weight is 302 g/mol. The van der Waals surface area contributed by atoms with E-state index in [4.69, 9.17) is 11.3 Å².